The minimum Gasteiger partial charge on any atom is -0.319 e. The second kappa shape index (κ2) is 6.09. The second-order valence-corrected chi connectivity index (χ2v) is 6.12. The first-order valence-electron chi connectivity index (χ1n) is 6.71. The molecule has 2 N–H and O–H groups in total. The van der Waals surface area contributed by atoms with E-state index in [0.29, 0.717) is 11.5 Å². The molecule has 0 aromatic heterocycles. The number of nitrogens with one attached hydrogen (secondary N) is 2. The van der Waals surface area contributed by atoms with Gasteiger partial charge in [-0.2, -0.15) is 0 Å². The largest absolute Gasteiger partial charge is 0.319 e. The van der Waals surface area contributed by atoms with Gasteiger partial charge in [-0.15, -0.1) is 11.8 Å². The van der Waals surface area contributed by atoms with E-state index < -0.39 is 0 Å². The topological polar surface area (TPSA) is 24.1 Å². The first kappa shape index (κ1) is 13.9. The van der Waals surface area contributed by atoms with Gasteiger partial charge in [0.1, 0.15) is 0 Å². The third-order valence-electron chi connectivity index (χ3n) is 4.23. The fourth-order valence-electron chi connectivity index (χ4n) is 3.17. The molecule has 1 fully saturated rings. The summed E-state index contributed by atoms with van der Waals surface area (Å²) in [6.45, 7) is 1.10. The van der Waals surface area contributed by atoms with Crippen LogP contribution in [-0.2, 0) is 0 Å². The standard InChI is InChI=1S/C15H24N2S/c1-16-11-15(9-4-10-15)14(17-2)12-5-7-13(18-3)8-6-12/h5-8,14,16-17H,4,9-11H2,1-3H3. The summed E-state index contributed by atoms with van der Waals surface area (Å²) in [4.78, 5) is 1.34. The van der Waals surface area contributed by atoms with Crippen LogP contribution in [0.3, 0.4) is 0 Å². The quantitative estimate of drug-likeness (QED) is 0.772. The van der Waals surface area contributed by atoms with Crippen molar-refractivity contribution >= 4 is 11.8 Å². The molecule has 1 aliphatic rings. The van der Waals surface area contributed by atoms with E-state index in [1.807, 2.05) is 0 Å². The van der Waals surface area contributed by atoms with E-state index in [1.165, 1.54) is 29.7 Å². The van der Waals surface area contributed by atoms with Crippen molar-refractivity contribution in [3.63, 3.8) is 0 Å². The van der Waals surface area contributed by atoms with Crippen LogP contribution in [0.1, 0.15) is 30.9 Å². The highest BCUT2D eigenvalue weighted by atomic mass is 32.2. The average Bonchev–Trinajstić information content (AvgIpc) is 2.37. The van der Waals surface area contributed by atoms with Crippen molar-refractivity contribution in [1.29, 1.82) is 0 Å². The van der Waals surface area contributed by atoms with Crippen LogP contribution in [0.5, 0.6) is 0 Å². The third kappa shape index (κ3) is 2.58. The molecular weight excluding hydrogens is 240 g/mol. The fraction of sp³-hybridized carbons (Fsp3) is 0.600. The molecule has 1 saturated carbocycles. The second-order valence-electron chi connectivity index (χ2n) is 5.24. The normalized spacial score (nSPS) is 19.3. The summed E-state index contributed by atoms with van der Waals surface area (Å²) < 4.78 is 0. The van der Waals surface area contributed by atoms with Crippen LogP contribution in [0.4, 0.5) is 0 Å². The summed E-state index contributed by atoms with van der Waals surface area (Å²) in [7, 11) is 4.15. The summed E-state index contributed by atoms with van der Waals surface area (Å²) in [5, 5.41) is 6.91. The first-order valence-corrected chi connectivity index (χ1v) is 7.94. The molecule has 0 spiro atoms. The van der Waals surface area contributed by atoms with Gasteiger partial charge in [-0.3, -0.25) is 0 Å². The highest BCUT2D eigenvalue weighted by Crippen LogP contribution is 2.49. The average molecular weight is 264 g/mol. The van der Waals surface area contributed by atoms with Gasteiger partial charge in [0.05, 0.1) is 0 Å². The van der Waals surface area contributed by atoms with Crippen molar-refractivity contribution in [2.75, 3.05) is 26.9 Å². The highest BCUT2D eigenvalue weighted by Gasteiger charge is 2.43. The van der Waals surface area contributed by atoms with Crippen LogP contribution in [0.2, 0.25) is 0 Å². The van der Waals surface area contributed by atoms with E-state index in [2.05, 4.69) is 55.3 Å². The van der Waals surface area contributed by atoms with E-state index >= 15 is 0 Å². The van der Waals surface area contributed by atoms with Crippen LogP contribution in [0.15, 0.2) is 29.2 Å². The monoisotopic (exact) mass is 264 g/mol. The molecule has 0 radical (unpaired) electrons. The molecule has 100 valence electrons. The number of thioether (sulfide) groups is 1. The summed E-state index contributed by atoms with van der Waals surface area (Å²) in [6, 6.07) is 9.49. The van der Waals surface area contributed by atoms with Crippen LogP contribution in [-0.4, -0.2) is 26.9 Å². The Bertz CT molecular complexity index is 371. The Kier molecular flexibility index (Phi) is 4.71. The van der Waals surface area contributed by atoms with Gasteiger partial charge >= 0.3 is 0 Å². The maximum Gasteiger partial charge on any atom is 0.0386 e. The maximum absolute atomic E-state index is 3.54. The predicted molar refractivity (Wildman–Crippen MR) is 80.2 cm³/mol. The molecule has 18 heavy (non-hydrogen) atoms. The van der Waals surface area contributed by atoms with Crippen LogP contribution in [0, 0.1) is 5.41 Å². The number of benzene rings is 1. The molecule has 0 amide bonds. The lowest BCUT2D eigenvalue weighted by Crippen LogP contribution is -2.47. The van der Waals surface area contributed by atoms with Gasteiger partial charge in [0.15, 0.2) is 0 Å². The van der Waals surface area contributed by atoms with Crippen LogP contribution < -0.4 is 10.6 Å². The van der Waals surface area contributed by atoms with E-state index in [9.17, 15) is 0 Å². The molecule has 1 aliphatic carbocycles. The Hall–Kier alpha value is -0.510. The maximum atomic E-state index is 3.54. The number of rotatable bonds is 6. The molecule has 1 aromatic carbocycles. The van der Waals surface area contributed by atoms with Gasteiger partial charge in [-0.1, -0.05) is 18.6 Å². The molecule has 0 heterocycles. The van der Waals surface area contributed by atoms with Gasteiger partial charge in [0.2, 0.25) is 0 Å². The lowest BCUT2D eigenvalue weighted by Gasteiger charge is -2.48. The molecule has 1 unspecified atom stereocenters. The van der Waals surface area contributed by atoms with Crippen molar-refractivity contribution in [2.24, 2.45) is 5.41 Å². The Labute approximate surface area is 115 Å². The summed E-state index contributed by atoms with van der Waals surface area (Å²) in [5.41, 5.74) is 1.83. The third-order valence-corrected chi connectivity index (χ3v) is 4.97. The highest BCUT2D eigenvalue weighted by molar-refractivity contribution is 7.98. The van der Waals surface area contributed by atoms with E-state index in [4.69, 9.17) is 0 Å². The van der Waals surface area contributed by atoms with Crippen molar-refractivity contribution in [3.8, 4) is 0 Å². The first-order chi connectivity index (χ1) is 8.75. The molecule has 0 bridgehead atoms. The summed E-state index contributed by atoms with van der Waals surface area (Å²) in [6.07, 6.45) is 6.13. The molecule has 2 rings (SSSR count). The lowest BCUT2D eigenvalue weighted by molar-refractivity contribution is 0.0788. The Morgan fingerprint density at radius 1 is 1.22 bits per heavy atom. The summed E-state index contributed by atoms with van der Waals surface area (Å²) in [5.74, 6) is 0. The molecular formula is C15H24N2S. The van der Waals surface area contributed by atoms with Gasteiger partial charge in [0.25, 0.3) is 0 Å². The molecule has 3 heteroatoms. The smallest absolute Gasteiger partial charge is 0.0386 e. The lowest BCUT2D eigenvalue weighted by atomic mass is 9.62. The van der Waals surface area contributed by atoms with Gasteiger partial charge in [-0.05, 0) is 50.9 Å². The molecule has 1 atom stereocenters. The fourth-order valence-corrected chi connectivity index (χ4v) is 3.58. The van der Waals surface area contributed by atoms with Gasteiger partial charge in [0, 0.05) is 22.9 Å². The zero-order valence-electron chi connectivity index (χ0n) is 11.6. The molecule has 0 aliphatic heterocycles. The minimum absolute atomic E-state index is 0.407. The number of hydrogen-bond donors (Lipinski definition) is 2. The SMILES string of the molecule is CNCC1(C(NC)c2ccc(SC)cc2)CCC1. The van der Waals surface area contributed by atoms with Crippen molar-refractivity contribution in [3.05, 3.63) is 29.8 Å². The molecule has 1 aromatic rings. The van der Waals surface area contributed by atoms with Gasteiger partial charge in [-0.25, -0.2) is 0 Å². The zero-order valence-corrected chi connectivity index (χ0v) is 12.4. The van der Waals surface area contributed by atoms with E-state index in [-0.39, 0.29) is 0 Å². The van der Waals surface area contributed by atoms with Crippen molar-refractivity contribution < 1.29 is 0 Å². The van der Waals surface area contributed by atoms with Crippen LogP contribution in [0.25, 0.3) is 0 Å². The summed E-state index contributed by atoms with van der Waals surface area (Å²) >= 11 is 1.80. The Morgan fingerprint density at radius 3 is 2.28 bits per heavy atom. The Balaban J connectivity index is 2.20. The van der Waals surface area contributed by atoms with E-state index in [0.717, 1.165) is 6.54 Å². The Morgan fingerprint density at radius 2 is 1.89 bits per heavy atom. The minimum atomic E-state index is 0.407. The molecule has 0 saturated heterocycles. The predicted octanol–water partition coefficient (Wildman–Crippen LogP) is 3.06. The van der Waals surface area contributed by atoms with Crippen LogP contribution >= 0.6 is 11.8 Å². The molecule has 2 nitrogen and oxygen atoms in total. The number of hydrogen-bond acceptors (Lipinski definition) is 3. The van der Waals surface area contributed by atoms with Crippen molar-refractivity contribution in [1.82, 2.24) is 10.6 Å². The van der Waals surface area contributed by atoms with Gasteiger partial charge < -0.3 is 10.6 Å². The van der Waals surface area contributed by atoms with Crippen molar-refractivity contribution in [2.45, 2.75) is 30.2 Å². The van der Waals surface area contributed by atoms with E-state index in [1.54, 1.807) is 11.8 Å². The zero-order chi connectivity index (χ0) is 13.0.